The molecule has 0 spiro atoms. The number of carbonyl (C=O) groups is 2. The van der Waals surface area contributed by atoms with Gasteiger partial charge >= 0.3 is 6.09 Å². The minimum atomic E-state index is -0.413. The first kappa shape index (κ1) is 17.6. The van der Waals surface area contributed by atoms with Crippen molar-refractivity contribution in [2.24, 2.45) is 0 Å². The van der Waals surface area contributed by atoms with Crippen LogP contribution in [0.2, 0.25) is 0 Å². The number of para-hydroxylation sites is 2. The zero-order valence-electron chi connectivity index (χ0n) is 14.6. The van der Waals surface area contributed by atoms with Crippen molar-refractivity contribution in [2.45, 2.75) is 12.5 Å². The van der Waals surface area contributed by atoms with Crippen molar-refractivity contribution < 1.29 is 14.3 Å². The van der Waals surface area contributed by atoms with E-state index in [-0.39, 0.29) is 11.9 Å². The van der Waals surface area contributed by atoms with E-state index in [1.54, 1.807) is 24.3 Å². The molecule has 1 aliphatic heterocycles. The highest BCUT2D eigenvalue weighted by Gasteiger charge is 2.24. The minimum Gasteiger partial charge on any atom is -0.453 e. The van der Waals surface area contributed by atoms with E-state index < -0.39 is 6.09 Å². The second-order valence-corrected chi connectivity index (χ2v) is 6.16. The van der Waals surface area contributed by atoms with Crippen LogP contribution in [0.5, 0.6) is 0 Å². The number of carbonyl (C=O) groups excluding carboxylic acids is 2. The smallest absolute Gasteiger partial charge is 0.407 e. The molecule has 1 unspecified atom stereocenters. The van der Waals surface area contributed by atoms with Gasteiger partial charge in [-0.05, 0) is 42.8 Å². The molecule has 7 heteroatoms. The SMILES string of the molecule is COC(=O)NC1CCN(c2ccc(C(=O)Nc3ccccc3N)cc2)C1. The Morgan fingerprint density at radius 3 is 2.58 bits per heavy atom. The molecule has 3 rings (SSSR count). The Morgan fingerprint density at radius 1 is 1.15 bits per heavy atom. The van der Waals surface area contributed by atoms with E-state index in [1.807, 2.05) is 24.3 Å². The summed E-state index contributed by atoms with van der Waals surface area (Å²) in [5.41, 5.74) is 8.54. The fraction of sp³-hybridized carbons (Fsp3) is 0.263. The van der Waals surface area contributed by atoms with Gasteiger partial charge in [0.2, 0.25) is 0 Å². The van der Waals surface area contributed by atoms with Gasteiger partial charge in [-0.1, -0.05) is 12.1 Å². The lowest BCUT2D eigenvalue weighted by atomic mass is 10.1. The molecule has 0 radical (unpaired) electrons. The van der Waals surface area contributed by atoms with Crippen LogP contribution in [0.1, 0.15) is 16.8 Å². The first-order chi connectivity index (χ1) is 12.6. The summed E-state index contributed by atoms with van der Waals surface area (Å²) in [6.45, 7) is 1.54. The highest BCUT2D eigenvalue weighted by atomic mass is 16.5. The number of hydrogen-bond acceptors (Lipinski definition) is 5. The Balaban J connectivity index is 1.61. The monoisotopic (exact) mass is 354 g/mol. The third kappa shape index (κ3) is 4.05. The molecule has 1 atom stereocenters. The Labute approximate surface area is 152 Å². The number of nitrogens with one attached hydrogen (secondary N) is 2. The molecule has 0 aromatic heterocycles. The van der Waals surface area contributed by atoms with Crippen LogP contribution in [0.4, 0.5) is 21.9 Å². The van der Waals surface area contributed by atoms with Gasteiger partial charge in [0.1, 0.15) is 0 Å². The molecular formula is C19H22N4O3. The number of amides is 2. The van der Waals surface area contributed by atoms with Crippen molar-refractivity contribution in [2.75, 3.05) is 36.1 Å². The van der Waals surface area contributed by atoms with Crippen LogP contribution in [0.25, 0.3) is 0 Å². The molecule has 0 saturated carbocycles. The molecule has 26 heavy (non-hydrogen) atoms. The van der Waals surface area contributed by atoms with Gasteiger partial charge in [-0.2, -0.15) is 0 Å². The molecule has 4 N–H and O–H groups in total. The number of nitrogens with two attached hydrogens (primary N) is 1. The summed E-state index contributed by atoms with van der Waals surface area (Å²) in [6.07, 6.45) is 0.439. The first-order valence-corrected chi connectivity index (χ1v) is 8.42. The lowest BCUT2D eigenvalue weighted by molar-refractivity contribution is 0.102. The maximum absolute atomic E-state index is 12.4. The quantitative estimate of drug-likeness (QED) is 0.733. The lowest BCUT2D eigenvalue weighted by Gasteiger charge is -2.19. The summed E-state index contributed by atoms with van der Waals surface area (Å²) in [7, 11) is 1.36. The molecule has 2 amide bonds. The van der Waals surface area contributed by atoms with Crippen LogP contribution in [0.3, 0.4) is 0 Å². The highest BCUT2D eigenvalue weighted by molar-refractivity contribution is 6.05. The third-order valence-electron chi connectivity index (χ3n) is 4.40. The van der Waals surface area contributed by atoms with Gasteiger partial charge in [-0.25, -0.2) is 4.79 Å². The second kappa shape index (κ2) is 7.77. The number of nitrogen functional groups attached to an aromatic ring is 1. The van der Waals surface area contributed by atoms with Crippen LogP contribution in [0, 0.1) is 0 Å². The average Bonchev–Trinajstić information content (AvgIpc) is 3.12. The molecule has 0 aliphatic carbocycles. The van der Waals surface area contributed by atoms with Crippen molar-refractivity contribution in [1.29, 1.82) is 0 Å². The molecule has 0 bridgehead atoms. The fourth-order valence-corrected chi connectivity index (χ4v) is 2.97. The second-order valence-electron chi connectivity index (χ2n) is 6.16. The van der Waals surface area contributed by atoms with Crippen LogP contribution in [-0.4, -0.2) is 38.2 Å². The number of nitrogens with zero attached hydrogens (tertiary/aromatic N) is 1. The third-order valence-corrected chi connectivity index (χ3v) is 4.40. The van der Waals surface area contributed by atoms with Crippen LogP contribution < -0.4 is 21.3 Å². The normalized spacial score (nSPS) is 16.2. The van der Waals surface area contributed by atoms with E-state index in [2.05, 4.69) is 20.3 Å². The molecule has 1 heterocycles. The maximum atomic E-state index is 12.4. The van der Waals surface area contributed by atoms with E-state index in [4.69, 9.17) is 5.73 Å². The van der Waals surface area contributed by atoms with Gasteiger partial charge in [0, 0.05) is 24.3 Å². The minimum absolute atomic E-state index is 0.0616. The van der Waals surface area contributed by atoms with Crippen LogP contribution in [0.15, 0.2) is 48.5 Å². The van der Waals surface area contributed by atoms with E-state index >= 15 is 0 Å². The van der Waals surface area contributed by atoms with Gasteiger partial charge in [0.25, 0.3) is 5.91 Å². The Bertz CT molecular complexity index is 792. The maximum Gasteiger partial charge on any atom is 0.407 e. The van der Waals surface area contributed by atoms with Crippen molar-refractivity contribution in [1.82, 2.24) is 5.32 Å². The zero-order valence-corrected chi connectivity index (χ0v) is 14.6. The summed E-state index contributed by atoms with van der Waals surface area (Å²) in [5.74, 6) is -0.207. The molecule has 2 aromatic carbocycles. The number of rotatable bonds is 4. The molecular weight excluding hydrogens is 332 g/mol. The standard InChI is InChI=1S/C19H22N4O3/c1-26-19(25)21-14-10-11-23(12-14)15-8-6-13(7-9-15)18(24)22-17-5-3-2-4-16(17)20/h2-9,14H,10-12,20H2,1H3,(H,21,25)(H,22,24). The number of methoxy groups -OCH3 is 1. The van der Waals surface area contributed by atoms with E-state index in [0.29, 0.717) is 23.5 Å². The Hall–Kier alpha value is -3.22. The van der Waals surface area contributed by atoms with Gasteiger partial charge in [-0.15, -0.1) is 0 Å². The molecule has 1 fully saturated rings. The number of hydrogen-bond donors (Lipinski definition) is 3. The van der Waals surface area contributed by atoms with E-state index in [1.165, 1.54) is 7.11 Å². The van der Waals surface area contributed by atoms with E-state index in [0.717, 1.165) is 18.7 Å². The van der Waals surface area contributed by atoms with Gasteiger partial charge in [0.15, 0.2) is 0 Å². The largest absolute Gasteiger partial charge is 0.453 e. The van der Waals surface area contributed by atoms with Crippen LogP contribution in [-0.2, 0) is 4.74 Å². The molecule has 7 nitrogen and oxygen atoms in total. The number of benzene rings is 2. The van der Waals surface area contributed by atoms with Crippen LogP contribution >= 0.6 is 0 Å². The highest BCUT2D eigenvalue weighted by Crippen LogP contribution is 2.22. The molecule has 1 saturated heterocycles. The zero-order chi connectivity index (χ0) is 18.5. The molecule has 136 valence electrons. The number of ether oxygens (including phenoxy) is 1. The number of alkyl carbamates (subject to hydrolysis) is 1. The van der Waals surface area contributed by atoms with Crippen molar-refractivity contribution in [3.05, 3.63) is 54.1 Å². The van der Waals surface area contributed by atoms with Gasteiger partial charge < -0.3 is 26.0 Å². The molecule has 2 aromatic rings. The summed E-state index contributed by atoms with van der Waals surface area (Å²) < 4.78 is 4.63. The predicted molar refractivity (Wildman–Crippen MR) is 101 cm³/mol. The topological polar surface area (TPSA) is 96.7 Å². The summed E-state index contributed by atoms with van der Waals surface area (Å²) in [6, 6.07) is 14.6. The Kier molecular flexibility index (Phi) is 5.26. The van der Waals surface area contributed by atoms with Gasteiger partial charge in [-0.3, -0.25) is 4.79 Å². The lowest BCUT2D eigenvalue weighted by Crippen LogP contribution is -2.36. The summed E-state index contributed by atoms with van der Waals surface area (Å²) in [5, 5.41) is 5.62. The average molecular weight is 354 g/mol. The fourth-order valence-electron chi connectivity index (χ4n) is 2.97. The first-order valence-electron chi connectivity index (χ1n) is 8.42. The summed E-state index contributed by atoms with van der Waals surface area (Å²) in [4.78, 5) is 25.8. The predicted octanol–water partition coefficient (Wildman–Crippen LogP) is 2.46. The van der Waals surface area contributed by atoms with Crippen molar-refractivity contribution >= 4 is 29.1 Å². The van der Waals surface area contributed by atoms with E-state index in [9.17, 15) is 9.59 Å². The Morgan fingerprint density at radius 2 is 1.88 bits per heavy atom. The molecule has 1 aliphatic rings. The van der Waals surface area contributed by atoms with Crippen molar-refractivity contribution in [3.8, 4) is 0 Å². The van der Waals surface area contributed by atoms with Gasteiger partial charge in [0.05, 0.1) is 24.5 Å². The van der Waals surface area contributed by atoms with Crippen molar-refractivity contribution in [3.63, 3.8) is 0 Å². The number of anilines is 3. The summed E-state index contributed by atoms with van der Waals surface area (Å²) >= 11 is 0.